The number of hydrogen-bond donors (Lipinski definition) is 0. The van der Waals surface area contributed by atoms with E-state index in [4.69, 9.17) is 0 Å². The van der Waals surface area contributed by atoms with Crippen LogP contribution in [0.25, 0.3) is 0 Å². The van der Waals surface area contributed by atoms with Crippen molar-refractivity contribution in [3.8, 4) is 0 Å². The lowest BCUT2D eigenvalue weighted by atomic mass is 9.73. The molecule has 0 radical (unpaired) electrons. The number of rotatable bonds is 3. The molecule has 0 aromatic heterocycles. The Morgan fingerprint density at radius 2 is 1.29 bits per heavy atom. The first kappa shape index (κ1) is 14.6. The maximum absolute atomic E-state index is 2.57. The summed E-state index contributed by atoms with van der Waals surface area (Å²) in [7, 11) is 0. The van der Waals surface area contributed by atoms with E-state index in [2.05, 4.69) is 6.92 Å². The van der Waals surface area contributed by atoms with Gasteiger partial charge in [-0.05, 0) is 92.8 Å². The average molecular weight is 289 g/mol. The van der Waals surface area contributed by atoms with E-state index in [0.717, 1.165) is 41.4 Å². The zero-order valence-corrected chi connectivity index (χ0v) is 14.2. The molecule has 21 heavy (non-hydrogen) atoms. The van der Waals surface area contributed by atoms with E-state index in [-0.39, 0.29) is 0 Å². The van der Waals surface area contributed by atoms with Crippen molar-refractivity contribution in [3.63, 3.8) is 0 Å². The summed E-state index contributed by atoms with van der Waals surface area (Å²) in [5.74, 6) is 7.85. The SMILES string of the molecule is CC1CC(CCC2CCC3CCCCC32)C2CCCCC12. The third-order valence-corrected chi connectivity index (χ3v) is 8.28. The van der Waals surface area contributed by atoms with E-state index < -0.39 is 0 Å². The van der Waals surface area contributed by atoms with Gasteiger partial charge >= 0.3 is 0 Å². The normalized spacial score (nSPS) is 49.9. The highest BCUT2D eigenvalue weighted by Crippen LogP contribution is 2.53. The molecule has 0 heteroatoms. The molecular formula is C21H36. The second-order valence-corrected chi connectivity index (χ2v) is 9.21. The molecular weight excluding hydrogens is 252 g/mol. The van der Waals surface area contributed by atoms with Gasteiger partial charge in [-0.3, -0.25) is 0 Å². The Bertz CT molecular complexity index is 346. The fourth-order valence-corrected chi connectivity index (χ4v) is 7.28. The van der Waals surface area contributed by atoms with Gasteiger partial charge in [-0.1, -0.05) is 39.0 Å². The van der Waals surface area contributed by atoms with Crippen molar-refractivity contribution in [1.82, 2.24) is 0 Å². The summed E-state index contributed by atoms with van der Waals surface area (Å²) in [6.07, 6.45) is 20.4. The lowest BCUT2D eigenvalue weighted by Gasteiger charge is -2.32. The van der Waals surface area contributed by atoms with Crippen LogP contribution in [0, 0.1) is 41.4 Å². The Labute approximate surface area is 132 Å². The van der Waals surface area contributed by atoms with Crippen LogP contribution >= 0.6 is 0 Å². The molecule has 120 valence electrons. The van der Waals surface area contributed by atoms with Crippen molar-refractivity contribution in [1.29, 1.82) is 0 Å². The molecule has 4 fully saturated rings. The monoisotopic (exact) mass is 288 g/mol. The van der Waals surface area contributed by atoms with E-state index in [1.54, 1.807) is 70.6 Å². The van der Waals surface area contributed by atoms with Gasteiger partial charge in [0.1, 0.15) is 0 Å². The van der Waals surface area contributed by atoms with E-state index in [0.29, 0.717) is 0 Å². The molecule has 0 heterocycles. The Balaban J connectivity index is 1.32. The molecule has 0 N–H and O–H groups in total. The van der Waals surface area contributed by atoms with Crippen LogP contribution in [-0.2, 0) is 0 Å². The molecule has 0 saturated heterocycles. The largest absolute Gasteiger partial charge is 0.0622 e. The fourth-order valence-electron chi connectivity index (χ4n) is 7.28. The minimum absolute atomic E-state index is 1.05. The Hall–Kier alpha value is 0. The van der Waals surface area contributed by atoms with Gasteiger partial charge < -0.3 is 0 Å². The quantitative estimate of drug-likeness (QED) is 0.560. The zero-order chi connectivity index (χ0) is 14.2. The topological polar surface area (TPSA) is 0 Å². The van der Waals surface area contributed by atoms with Gasteiger partial charge in [-0.2, -0.15) is 0 Å². The van der Waals surface area contributed by atoms with Gasteiger partial charge in [0.25, 0.3) is 0 Å². The predicted octanol–water partition coefficient (Wildman–Crippen LogP) is 6.45. The lowest BCUT2D eigenvalue weighted by Crippen LogP contribution is -2.22. The van der Waals surface area contributed by atoms with Crippen LogP contribution in [0.4, 0.5) is 0 Å². The molecule has 4 aliphatic rings. The van der Waals surface area contributed by atoms with E-state index >= 15 is 0 Å². The van der Waals surface area contributed by atoms with Crippen LogP contribution in [0.2, 0.25) is 0 Å². The molecule has 0 spiro atoms. The van der Waals surface area contributed by atoms with Gasteiger partial charge in [-0.15, -0.1) is 0 Å². The second kappa shape index (κ2) is 6.25. The van der Waals surface area contributed by atoms with Gasteiger partial charge in [0.2, 0.25) is 0 Å². The first-order valence-electron chi connectivity index (χ1n) is 10.3. The molecule has 0 aliphatic heterocycles. The molecule has 0 amide bonds. The molecule has 0 nitrogen and oxygen atoms in total. The molecule has 0 bridgehead atoms. The van der Waals surface area contributed by atoms with Gasteiger partial charge in [0.05, 0.1) is 0 Å². The van der Waals surface area contributed by atoms with Crippen LogP contribution in [0.15, 0.2) is 0 Å². The van der Waals surface area contributed by atoms with Crippen LogP contribution in [0.5, 0.6) is 0 Å². The molecule has 4 saturated carbocycles. The van der Waals surface area contributed by atoms with Crippen LogP contribution in [0.3, 0.4) is 0 Å². The summed E-state index contributed by atoms with van der Waals surface area (Å²) in [6.45, 7) is 2.57. The number of fused-ring (bicyclic) bond motifs is 2. The fraction of sp³-hybridized carbons (Fsp3) is 1.00. The molecule has 7 atom stereocenters. The highest BCUT2D eigenvalue weighted by Gasteiger charge is 2.43. The first-order valence-corrected chi connectivity index (χ1v) is 10.3. The first-order chi connectivity index (χ1) is 10.3. The van der Waals surface area contributed by atoms with Crippen LogP contribution in [-0.4, -0.2) is 0 Å². The summed E-state index contributed by atoms with van der Waals surface area (Å²) in [5, 5.41) is 0. The van der Waals surface area contributed by atoms with Crippen molar-refractivity contribution in [2.24, 2.45) is 41.4 Å². The highest BCUT2D eigenvalue weighted by atomic mass is 14.5. The standard InChI is InChI=1S/C21H36/c1-15-14-18(21-9-5-4-7-19(15)21)13-12-17-11-10-16-6-2-3-8-20(16)17/h15-21H,2-14H2,1H3. The molecule has 4 rings (SSSR count). The smallest absolute Gasteiger partial charge is 0.0355 e. The van der Waals surface area contributed by atoms with Crippen LogP contribution < -0.4 is 0 Å². The third kappa shape index (κ3) is 2.81. The summed E-state index contributed by atoms with van der Waals surface area (Å²) in [5.41, 5.74) is 0. The van der Waals surface area contributed by atoms with Crippen molar-refractivity contribution >= 4 is 0 Å². The summed E-state index contributed by atoms with van der Waals surface area (Å²) >= 11 is 0. The van der Waals surface area contributed by atoms with E-state index in [1.165, 1.54) is 12.8 Å². The summed E-state index contributed by atoms with van der Waals surface area (Å²) < 4.78 is 0. The minimum atomic E-state index is 1.05. The highest BCUT2D eigenvalue weighted by molar-refractivity contribution is 4.93. The van der Waals surface area contributed by atoms with Crippen molar-refractivity contribution in [2.75, 3.05) is 0 Å². The Kier molecular flexibility index (Phi) is 4.34. The second-order valence-electron chi connectivity index (χ2n) is 9.21. The van der Waals surface area contributed by atoms with Crippen molar-refractivity contribution in [2.45, 2.75) is 90.4 Å². The van der Waals surface area contributed by atoms with Crippen molar-refractivity contribution < 1.29 is 0 Å². The maximum Gasteiger partial charge on any atom is -0.0355 e. The Morgan fingerprint density at radius 1 is 0.619 bits per heavy atom. The minimum Gasteiger partial charge on any atom is -0.0622 e. The lowest BCUT2D eigenvalue weighted by molar-refractivity contribution is 0.181. The molecule has 4 aliphatic carbocycles. The van der Waals surface area contributed by atoms with Crippen molar-refractivity contribution in [3.05, 3.63) is 0 Å². The summed E-state index contributed by atoms with van der Waals surface area (Å²) in [4.78, 5) is 0. The average Bonchev–Trinajstić information content (AvgIpc) is 3.08. The Morgan fingerprint density at radius 3 is 2.14 bits per heavy atom. The van der Waals surface area contributed by atoms with Gasteiger partial charge in [0.15, 0.2) is 0 Å². The summed E-state index contributed by atoms with van der Waals surface area (Å²) in [6, 6.07) is 0. The van der Waals surface area contributed by atoms with E-state index in [9.17, 15) is 0 Å². The predicted molar refractivity (Wildman–Crippen MR) is 90.1 cm³/mol. The molecule has 7 unspecified atom stereocenters. The van der Waals surface area contributed by atoms with Gasteiger partial charge in [-0.25, -0.2) is 0 Å². The molecule has 0 aromatic rings. The molecule has 0 aromatic carbocycles. The zero-order valence-electron chi connectivity index (χ0n) is 14.2. The van der Waals surface area contributed by atoms with E-state index in [1.807, 2.05) is 0 Å². The maximum atomic E-state index is 2.57. The van der Waals surface area contributed by atoms with Crippen LogP contribution in [0.1, 0.15) is 90.4 Å². The van der Waals surface area contributed by atoms with Gasteiger partial charge in [0, 0.05) is 0 Å². The third-order valence-electron chi connectivity index (χ3n) is 8.28. The number of hydrogen-bond acceptors (Lipinski definition) is 0.